The minimum absolute atomic E-state index is 0.153. The van der Waals surface area contributed by atoms with Gasteiger partial charge in [-0.1, -0.05) is 181 Å². The first-order valence-corrected chi connectivity index (χ1v) is 23.0. The lowest BCUT2D eigenvalue weighted by Gasteiger charge is -2.28. The highest BCUT2D eigenvalue weighted by Crippen LogP contribution is 2.47. The van der Waals surface area contributed by atoms with E-state index >= 15 is 0 Å². The van der Waals surface area contributed by atoms with Crippen molar-refractivity contribution in [2.75, 3.05) is 0 Å². The minimum atomic E-state index is -2.43. The van der Waals surface area contributed by atoms with Gasteiger partial charge in [-0.15, -0.1) is 0 Å². The molecule has 0 aliphatic carbocycles. The van der Waals surface area contributed by atoms with Crippen LogP contribution in [0, 0.1) is 6.85 Å². The third-order valence-electron chi connectivity index (χ3n) is 12.8. The molecule has 0 atom stereocenters. The summed E-state index contributed by atoms with van der Waals surface area (Å²) in [6.07, 6.45) is 1.87. The molecule has 2 aromatic heterocycles. The van der Waals surface area contributed by atoms with Crippen LogP contribution in [0.2, 0.25) is 0 Å². The lowest BCUT2D eigenvalue weighted by atomic mass is 9.79. The van der Waals surface area contributed by atoms with Gasteiger partial charge >= 0.3 is 0 Å². The van der Waals surface area contributed by atoms with Crippen molar-refractivity contribution >= 4 is 11.0 Å². The van der Waals surface area contributed by atoms with Gasteiger partial charge in [-0.25, -0.2) is 4.98 Å². The van der Waals surface area contributed by atoms with Gasteiger partial charge in [-0.3, -0.25) is 9.55 Å². The molecular formula is C63H55N3O. The maximum absolute atomic E-state index is 12.7. The number of imidazole rings is 1. The van der Waals surface area contributed by atoms with Gasteiger partial charge in [0.2, 0.25) is 0 Å². The largest absolute Gasteiger partial charge is 0.507 e. The number of nitrogens with zero attached hydrogens (tertiary/aromatic N) is 3. The van der Waals surface area contributed by atoms with E-state index in [-0.39, 0.29) is 16.7 Å². The normalized spacial score (nSPS) is 12.7. The number of rotatable bonds is 8. The summed E-state index contributed by atoms with van der Waals surface area (Å²) in [5.41, 5.74) is 15.1. The average molecular weight is 873 g/mol. The van der Waals surface area contributed by atoms with Gasteiger partial charge in [0.05, 0.1) is 28.0 Å². The predicted octanol–water partition coefficient (Wildman–Crippen LogP) is 16.7. The van der Waals surface area contributed by atoms with Crippen LogP contribution in [0.25, 0.3) is 95.0 Å². The molecule has 1 N–H and O–H groups in total. The summed E-state index contributed by atoms with van der Waals surface area (Å²) in [5.74, 6) is 0.686. The summed E-state index contributed by atoms with van der Waals surface area (Å²) in [6, 6.07) is 65.5. The van der Waals surface area contributed by atoms with Crippen molar-refractivity contribution in [3.63, 3.8) is 0 Å². The minimum Gasteiger partial charge on any atom is -0.507 e. The van der Waals surface area contributed by atoms with Gasteiger partial charge in [0.25, 0.3) is 0 Å². The lowest BCUT2D eigenvalue weighted by molar-refractivity contribution is 0.446. The van der Waals surface area contributed by atoms with Crippen molar-refractivity contribution in [3.05, 3.63) is 217 Å². The lowest BCUT2D eigenvalue weighted by Crippen LogP contribution is -2.17. The van der Waals surface area contributed by atoms with Crippen molar-refractivity contribution in [2.24, 2.45) is 0 Å². The zero-order chi connectivity index (χ0) is 49.0. The number of aryl methyl sites for hydroxylation is 1. The van der Waals surface area contributed by atoms with Crippen LogP contribution in [-0.2, 0) is 10.8 Å². The van der Waals surface area contributed by atoms with E-state index in [1.54, 1.807) is 0 Å². The molecular weight excluding hydrogens is 815 g/mol. The number of aromatic nitrogens is 3. The van der Waals surface area contributed by atoms with Gasteiger partial charge in [0, 0.05) is 32.6 Å². The van der Waals surface area contributed by atoms with Gasteiger partial charge in [-0.2, -0.15) is 0 Å². The Balaban J connectivity index is 1.33. The van der Waals surface area contributed by atoms with Crippen LogP contribution in [0.5, 0.6) is 5.75 Å². The number of benzene rings is 8. The summed E-state index contributed by atoms with van der Waals surface area (Å²) < 4.78 is 28.8. The van der Waals surface area contributed by atoms with E-state index in [1.165, 1.54) is 0 Å². The van der Waals surface area contributed by atoms with Crippen LogP contribution in [-0.4, -0.2) is 19.6 Å². The fourth-order valence-corrected chi connectivity index (χ4v) is 9.17. The van der Waals surface area contributed by atoms with Gasteiger partial charge in [0.1, 0.15) is 11.6 Å². The maximum atomic E-state index is 12.7. The van der Waals surface area contributed by atoms with Crippen molar-refractivity contribution in [2.45, 2.75) is 59.2 Å². The number of phenolic OH excluding ortho intramolecular Hbond substituents is 1. The highest BCUT2D eigenvalue weighted by Gasteiger charge is 2.30. The Bertz CT molecular complexity index is 3530. The Hall–Kier alpha value is -7.82. The van der Waals surface area contributed by atoms with Crippen LogP contribution in [0.1, 0.15) is 62.3 Å². The molecule has 0 amide bonds. The average Bonchev–Trinajstić information content (AvgIpc) is 3.75. The first kappa shape index (κ1) is 39.5. The van der Waals surface area contributed by atoms with Crippen LogP contribution >= 0.6 is 0 Å². The Morgan fingerprint density at radius 3 is 1.66 bits per heavy atom. The zero-order valence-corrected chi connectivity index (χ0v) is 38.8. The molecule has 0 radical (unpaired) electrons. The number of para-hydroxylation sites is 1. The second-order valence-electron chi connectivity index (χ2n) is 19.5. The van der Waals surface area contributed by atoms with Gasteiger partial charge < -0.3 is 5.11 Å². The molecule has 0 unspecified atom stereocenters. The summed E-state index contributed by atoms with van der Waals surface area (Å²) >= 11 is 0. The standard InChI is InChI=1S/C63H55N3O/c1-41-33-53(45-27-18-11-19-28-45)58(40-52(41)44-25-16-10-17-26-44)66-57-30-20-29-51(59(57)65-61(66)54-38-50(62(2,3)4)39-55(60(54)67)63(5,6)7)48-34-47(43-23-14-9-15-24-43)35-49(36-48)56-37-46(31-32-64-56)42-21-12-8-13-22-42/h8-40,67H,1-7H3/i1D3. The summed E-state index contributed by atoms with van der Waals surface area (Å²) in [5, 5.41) is 12.7. The number of fused-ring (bicyclic) bond motifs is 1. The Morgan fingerprint density at radius 1 is 0.463 bits per heavy atom. The third-order valence-corrected chi connectivity index (χ3v) is 12.8. The Morgan fingerprint density at radius 2 is 1.04 bits per heavy atom. The second-order valence-corrected chi connectivity index (χ2v) is 19.5. The number of aromatic hydroxyl groups is 1. The van der Waals surface area contributed by atoms with Crippen LogP contribution in [0.4, 0.5) is 0 Å². The van der Waals surface area contributed by atoms with E-state index < -0.39 is 12.3 Å². The number of pyridine rings is 1. The molecule has 2 heterocycles. The fourth-order valence-electron chi connectivity index (χ4n) is 9.17. The van der Waals surface area contributed by atoms with Crippen molar-refractivity contribution in [1.82, 2.24) is 14.5 Å². The fraction of sp³-hybridized carbons (Fsp3) is 0.143. The smallest absolute Gasteiger partial charge is 0.149 e. The molecule has 0 bridgehead atoms. The van der Waals surface area contributed by atoms with Crippen molar-refractivity contribution in [1.29, 1.82) is 0 Å². The molecule has 0 fully saturated rings. The van der Waals surface area contributed by atoms with Gasteiger partial charge in [0.15, 0.2) is 0 Å². The van der Waals surface area contributed by atoms with Crippen LogP contribution in [0.3, 0.4) is 0 Å². The molecule has 8 aromatic carbocycles. The topological polar surface area (TPSA) is 50.9 Å². The molecule has 0 saturated heterocycles. The summed E-state index contributed by atoms with van der Waals surface area (Å²) in [6.45, 7) is 10.5. The van der Waals surface area contributed by atoms with Crippen molar-refractivity contribution in [3.8, 4) is 89.7 Å². The first-order valence-electron chi connectivity index (χ1n) is 24.5. The predicted molar refractivity (Wildman–Crippen MR) is 281 cm³/mol. The van der Waals surface area contributed by atoms with E-state index in [2.05, 4.69) is 137 Å². The van der Waals surface area contributed by atoms with E-state index in [1.807, 2.05) is 109 Å². The molecule has 0 aliphatic heterocycles. The molecule has 328 valence electrons. The first-order chi connectivity index (χ1) is 33.5. The van der Waals surface area contributed by atoms with E-state index in [0.29, 0.717) is 17.0 Å². The Labute approximate surface area is 399 Å². The van der Waals surface area contributed by atoms with Crippen molar-refractivity contribution < 1.29 is 9.22 Å². The molecule has 4 nitrogen and oxygen atoms in total. The monoisotopic (exact) mass is 872 g/mol. The SMILES string of the molecule is [2H]C([2H])([2H])c1cc(-c2ccccc2)c(-n2c(-c3cc(C(C)(C)C)cc(C(C)(C)C)c3O)nc3c(-c4cc(-c5ccccc5)cc(-c5cc(-c6ccccc6)ccn5)c4)cccc32)cc1-c1ccccc1. The molecule has 4 heteroatoms. The maximum Gasteiger partial charge on any atom is 0.149 e. The molecule has 0 saturated carbocycles. The van der Waals surface area contributed by atoms with Crippen LogP contribution < -0.4 is 0 Å². The summed E-state index contributed by atoms with van der Waals surface area (Å²) in [7, 11) is 0. The summed E-state index contributed by atoms with van der Waals surface area (Å²) in [4.78, 5) is 10.6. The highest BCUT2D eigenvalue weighted by atomic mass is 16.3. The molecule has 0 aliphatic rings. The third kappa shape index (κ3) is 8.36. The quantitative estimate of drug-likeness (QED) is 0.165. The Kier molecular flexibility index (Phi) is 10.1. The van der Waals surface area contributed by atoms with E-state index in [4.69, 9.17) is 14.1 Å². The highest BCUT2D eigenvalue weighted by molar-refractivity contribution is 5.99. The van der Waals surface area contributed by atoms with E-state index in [9.17, 15) is 5.11 Å². The van der Waals surface area contributed by atoms with Gasteiger partial charge in [-0.05, 0) is 128 Å². The number of hydrogen-bond acceptors (Lipinski definition) is 3. The molecule has 67 heavy (non-hydrogen) atoms. The molecule has 0 spiro atoms. The van der Waals surface area contributed by atoms with Crippen LogP contribution in [0.15, 0.2) is 200 Å². The second kappa shape index (κ2) is 17.2. The molecule has 10 aromatic rings. The zero-order valence-electron chi connectivity index (χ0n) is 41.8. The number of hydrogen-bond donors (Lipinski definition) is 1. The van der Waals surface area contributed by atoms with E-state index in [0.717, 1.165) is 89.2 Å². The number of phenols is 1. The molecule has 10 rings (SSSR count).